The lowest BCUT2D eigenvalue weighted by Crippen LogP contribution is -2.45. The average molecular weight is 568 g/mol. The molecule has 1 aliphatic heterocycles. The number of carbonyl (C=O) groups excluding carboxylic acids is 2. The van der Waals surface area contributed by atoms with E-state index in [0.717, 1.165) is 0 Å². The van der Waals surface area contributed by atoms with Gasteiger partial charge in [0.25, 0.3) is 5.91 Å². The maximum Gasteiger partial charge on any atom is 0.338 e. The highest BCUT2D eigenvalue weighted by molar-refractivity contribution is 14.1. The van der Waals surface area contributed by atoms with Crippen LogP contribution in [0, 0.1) is 3.77 Å². The summed E-state index contributed by atoms with van der Waals surface area (Å²) in [6.45, 7) is 3.45. The van der Waals surface area contributed by atoms with Crippen LogP contribution in [0.2, 0.25) is 0 Å². The number of para-hydroxylation sites is 1. The van der Waals surface area contributed by atoms with Crippen LogP contribution in [0.1, 0.15) is 31.2 Å². The molecule has 2 aromatic rings. The fourth-order valence-corrected chi connectivity index (χ4v) is 3.70. The van der Waals surface area contributed by atoms with E-state index in [2.05, 4.69) is 21.2 Å². The number of benzene rings is 1. The number of allylic oxidation sites excluding steroid dienone is 1. The van der Waals surface area contributed by atoms with E-state index in [0.29, 0.717) is 37.2 Å². The lowest BCUT2D eigenvalue weighted by atomic mass is 9.95. The lowest BCUT2D eigenvalue weighted by Gasteiger charge is -2.30. The van der Waals surface area contributed by atoms with Crippen LogP contribution in [-0.4, -0.2) is 36.4 Å². The van der Waals surface area contributed by atoms with Crippen LogP contribution in [0.3, 0.4) is 0 Å². The molecule has 1 amide bonds. The van der Waals surface area contributed by atoms with E-state index >= 15 is 0 Å². The van der Waals surface area contributed by atoms with Crippen LogP contribution < -0.4 is 20.8 Å². The Morgan fingerprint density at radius 2 is 2.09 bits per heavy atom. The number of nitrogens with zero attached hydrogens (tertiary/aromatic N) is 1. The molecule has 0 spiro atoms. The second-order valence-electron chi connectivity index (χ2n) is 6.55. The Labute approximate surface area is 203 Å². The normalized spacial score (nSPS) is 15.8. The first-order valence-electron chi connectivity index (χ1n) is 9.63. The Hall–Kier alpha value is -2.93. The largest absolute Gasteiger partial charge is 0.483 e. The van der Waals surface area contributed by atoms with E-state index in [-0.39, 0.29) is 13.2 Å². The SMILES string of the molecule is CCOC(=O)C1=C(C)NC(=S)N[C@H]1c1ccccc1OCC(=O)NN=Cc1ccc(I)o1. The number of thiocarbonyl (C=S) groups is 1. The molecule has 11 heteroatoms. The molecule has 3 N–H and O–H groups in total. The fraction of sp³-hybridized carbons (Fsp3) is 0.238. The van der Waals surface area contributed by atoms with E-state index in [4.69, 9.17) is 26.1 Å². The highest BCUT2D eigenvalue weighted by atomic mass is 127. The number of amides is 1. The minimum absolute atomic E-state index is 0.239. The van der Waals surface area contributed by atoms with Crippen LogP contribution in [0.15, 0.2) is 57.2 Å². The highest BCUT2D eigenvalue weighted by Gasteiger charge is 2.32. The second kappa shape index (κ2) is 11.1. The van der Waals surface area contributed by atoms with Crippen LogP contribution in [-0.2, 0) is 14.3 Å². The van der Waals surface area contributed by atoms with Gasteiger partial charge in [-0.15, -0.1) is 0 Å². The Kier molecular flexibility index (Phi) is 8.22. The molecule has 0 saturated heterocycles. The predicted molar refractivity (Wildman–Crippen MR) is 130 cm³/mol. The van der Waals surface area contributed by atoms with E-state index in [1.165, 1.54) is 6.21 Å². The molecule has 32 heavy (non-hydrogen) atoms. The van der Waals surface area contributed by atoms with Crippen molar-refractivity contribution in [2.45, 2.75) is 19.9 Å². The third-order valence-corrected chi connectivity index (χ3v) is 5.13. The van der Waals surface area contributed by atoms with Crippen LogP contribution in [0.4, 0.5) is 0 Å². The van der Waals surface area contributed by atoms with Crippen LogP contribution >= 0.6 is 34.8 Å². The minimum atomic E-state index is -0.596. The van der Waals surface area contributed by atoms with E-state index in [1.54, 1.807) is 44.2 Å². The Bertz CT molecular complexity index is 1080. The van der Waals surface area contributed by atoms with Crippen molar-refractivity contribution in [3.63, 3.8) is 0 Å². The van der Waals surface area contributed by atoms with E-state index in [9.17, 15) is 9.59 Å². The van der Waals surface area contributed by atoms with Gasteiger partial charge in [0.15, 0.2) is 15.5 Å². The molecule has 168 valence electrons. The van der Waals surface area contributed by atoms with Crippen molar-refractivity contribution >= 4 is 58.0 Å². The quantitative estimate of drug-likeness (QED) is 0.147. The van der Waals surface area contributed by atoms with Gasteiger partial charge in [0.05, 0.1) is 24.4 Å². The second-order valence-corrected chi connectivity index (χ2v) is 8.02. The van der Waals surface area contributed by atoms with Gasteiger partial charge in [-0.05, 0) is 66.9 Å². The fourth-order valence-electron chi connectivity index (χ4n) is 3.00. The third kappa shape index (κ3) is 6.07. The maximum atomic E-state index is 12.6. The molecule has 0 bridgehead atoms. The molecule has 0 aliphatic carbocycles. The number of esters is 1. The van der Waals surface area contributed by atoms with Crippen molar-refractivity contribution in [1.29, 1.82) is 0 Å². The Balaban J connectivity index is 1.72. The molecule has 1 atom stereocenters. The molecule has 0 fully saturated rings. The van der Waals surface area contributed by atoms with Crippen LogP contribution in [0.5, 0.6) is 5.75 Å². The number of ether oxygens (including phenoxy) is 2. The number of nitrogens with one attached hydrogen (secondary N) is 3. The Morgan fingerprint density at radius 3 is 2.81 bits per heavy atom. The summed E-state index contributed by atoms with van der Waals surface area (Å²) >= 11 is 7.30. The summed E-state index contributed by atoms with van der Waals surface area (Å²) in [5.74, 6) is 0.0157. The average Bonchev–Trinajstić information content (AvgIpc) is 3.17. The lowest BCUT2D eigenvalue weighted by molar-refractivity contribution is -0.139. The van der Waals surface area contributed by atoms with Gasteiger partial charge in [0.2, 0.25) is 0 Å². The van der Waals surface area contributed by atoms with Crippen molar-refractivity contribution in [2.75, 3.05) is 13.2 Å². The highest BCUT2D eigenvalue weighted by Crippen LogP contribution is 2.33. The summed E-state index contributed by atoms with van der Waals surface area (Å²) in [6.07, 6.45) is 1.40. The number of hydrogen-bond donors (Lipinski definition) is 3. The molecule has 1 aromatic carbocycles. The first kappa shape index (κ1) is 23.7. The van der Waals surface area contributed by atoms with Crippen molar-refractivity contribution < 1.29 is 23.5 Å². The molecule has 0 radical (unpaired) electrons. The van der Waals surface area contributed by atoms with Gasteiger partial charge in [0.1, 0.15) is 11.5 Å². The van der Waals surface area contributed by atoms with Gasteiger partial charge in [-0.25, -0.2) is 10.2 Å². The van der Waals surface area contributed by atoms with Gasteiger partial charge in [-0.2, -0.15) is 5.10 Å². The topological polar surface area (TPSA) is 114 Å². The van der Waals surface area contributed by atoms with Crippen molar-refractivity contribution in [3.8, 4) is 5.75 Å². The number of hydrogen-bond acceptors (Lipinski definition) is 7. The predicted octanol–water partition coefficient (Wildman–Crippen LogP) is 2.77. The summed E-state index contributed by atoms with van der Waals surface area (Å²) in [5, 5.41) is 10.2. The maximum absolute atomic E-state index is 12.6. The molecular weight excluding hydrogens is 547 g/mol. The minimum Gasteiger partial charge on any atom is -0.483 e. The van der Waals surface area contributed by atoms with Gasteiger partial charge in [0, 0.05) is 11.3 Å². The smallest absolute Gasteiger partial charge is 0.338 e. The van der Waals surface area contributed by atoms with E-state index < -0.39 is 17.9 Å². The number of carbonyl (C=O) groups is 2. The first-order chi connectivity index (χ1) is 15.4. The first-order valence-corrected chi connectivity index (χ1v) is 11.1. The van der Waals surface area contributed by atoms with E-state index in [1.807, 2.05) is 28.7 Å². The zero-order valence-electron chi connectivity index (χ0n) is 17.3. The molecule has 1 aliphatic rings. The standard InChI is InChI=1S/C21H21IN4O5S/c1-3-29-20(28)18-12(2)24-21(32)25-19(18)14-6-4-5-7-15(14)30-11-17(27)26-23-10-13-8-9-16(22)31-13/h4-10,19H,3,11H2,1-2H3,(H,26,27)(H2,24,25,32)/t19-/m0/s1. The molecule has 3 rings (SSSR count). The monoisotopic (exact) mass is 568 g/mol. The number of rotatable bonds is 8. The number of hydrazone groups is 1. The summed E-state index contributed by atoms with van der Waals surface area (Å²) in [7, 11) is 0. The molecule has 0 saturated carbocycles. The molecule has 1 aromatic heterocycles. The van der Waals surface area contributed by atoms with Gasteiger partial charge >= 0.3 is 5.97 Å². The van der Waals surface area contributed by atoms with Gasteiger partial charge in [-0.3, -0.25) is 4.79 Å². The number of halogens is 1. The summed E-state index contributed by atoms with van der Waals surface area (Å²) in [4.78, 5) is 24.7. The zero-order chi connectivity index (χ0) is 23.1. The molecular formula is C21H21IN4O5S. The molecule has 2 heterocycles. The molecule has 9 nitrogen and oxygen atoms in total. The third-order valence-electron chi connectivity index (χ3n) is 4.33. The zero-order valence-corrected chi connectivity index (χ0v) is 20.3. The van der Waals surface area contributed by atoms with Crippen molar-refractivity contribution in [3.05, 3.63) is 62.8 Å². The van der Waals surface area contributed by atoms with Crippen LogP contribution in [0.25, 0.3) is 0 Å². The Morgan fingerprint density at radius 1 is 1.31 bits per heavy atom. The van der Waals surface area contributed by atoms with Crippen molar-refractivity contribution in [1.82, 2.24) is 16.1 Å². The molecule has 0 unspecified atom stereocenters. The summed E-state index contributed by atoms with van der Waals surface area (Å²) in [5.41, 5.74) is 4.00. The van der Waals surface area contributed by atoms with Gasteiger partial charge in [-0.1, -0.05) is 18.2 Å². The summed E-state index contributed by atoms with van der Waals surface area (Å²) < 4.78 is 17.0. The summed E-state index contributed by atoms with van der Waals surface area (Å²) in [6, 6.07) is 10.0. The van der Waals surface area contributed by atoms with Crippen molar-refractivity contribution in [2.24, 2.45) is 5.10 Å². The number of furan rings is 1. The van der Waals surface area contributed by atoms with Gasteiger partial charge < -0.3 is 24.5 Å².